The molecule has 1 atom stereocenters. The van der Waals surface area contributed by atoms with Crippen LogP contribution in [0.5, 0.6) is 0 Å². The summed E-state index contributed by atoms with van der Waals surface area (Å²) in [4.78, 5) is 29.9. The quantitative estimate of drug-likeness (QED) is 0.614. The van der Waals surface area contributed by atoms with Crippen molar-refractivity contribution in [3.63, 3.8) is 0 Å². The molecule has 0 radical (unpaired) electrons. The maximum Gasteiger partial charge on any atom is 0.322 e. The van der Waals surface area contributed by atoms with E-state index < -0.39 is 5.82 Å². The number of anilines is 1. The van der Waals surface area contributed by atoms with E-state index >= 15 is 0 Å². The molecule has 2 aliphatic heterocycles. The van der Waals surface area contributed by atoms with Gasteiger partial charge in [0, 0.05) is 37.8 Å². The first-order valence-corrected chi connectivity index (χ1v) is 10.9. The van der Waals surface area contributed by atoms with Crippen LogP contribution in [0.2, 0.25) is 0 Å². The number of urea groups is 1. The third kappa shape index (κ3) is 4.30. The van der Waals surface area contributed by atoms with Crippen LogP contribution >= 0.6 is 0 Å². The van der Waals surface area contributed by atoms with Crippen molar-refractivity contribution in [3.8, 4) is 11.8 Å². The summed E-state index contributed by atoms with van der Waals surface area (Å²) in [5.74, 6) is 7.00. The zero-order chi connectivity index (χ0) is 22.9. The van der Waals surface area contributed by atoms with E-state index in [1.165, 1.54) is 6.07 Å². The van der Waals surface area contributed by atoms with Gasteiger partial charge in [-0.15, -0.1) is 0 Å². The van der Waals surface area contributed by atoms with E-state index in [1.807, 2.05) is 19.2 Å². The molecule has 3 aromatic rings. The van der Waals surface area contributed by atoms with E-state index in [1.54, 1.807) is 17.2 Å². The lowest BCUT2D eigenvalue weighted by atomic mass is 10.2. The van der Waals surface area contributed by atoms with Crippen molar-refractivity contribution in [1.82, 2.24) is 29.7 Å². The first kappa shape index (κ1) is 21.1. The Balaban J connectivity index is 1.32. The number of carbonyl (C=O) groups excluding carboxylic acids is 1. The van der Waals surface area contributed by atoms with Crippen molar-refractivity contribution in [1.29, 1.82) is 0 Å². The molecule has 5 heterocycles. The second-order valence-corrected chi connectivity index (χ2v) is 8.36. The Bertz CT molecular complexity index is 1260. The molecule has 2 aliphatic rings. The van der Waals surface area contributed by atoms with Crippen LogP contribution in [0.4, 0.5) is 14.9 Å². The second kappa shape index (κ2) is 8.64. The highest BCUT2D eigenvalue weighted by atomic mass is 19.1. The summed E-state index contributed by atoms with van der Waals surface area (Å²) in [6.45, 7) is 5.01. The van der Waals surface area contributed by atoms with E-state index in [9.17, 15) is 9.18 Å². The molecule has 0 unspecified atom stereocenters. The Kier molecular flexibility index (Phi) is 5.52. The lowest BCUT2D eigenvalue weighted by Gasteiger charge is -2.23. The maximum absolute atomic E-state index is 13.1. The number of likely N-dealkylation sites (N-methyl/N-ethyl adjacent to an activating group) is 1. The number of nitrogens with zero attached hydrogens (tertiary/aromatic N) is 6. The van der Waals surface area contributed by atoms with Crippen LogP contribution < -0.4 is 10.2 Å². The van der Waals surface area contributed by atoms with Crippen LogP contribution in [-0.4, -0.2) is 50.6 Å². The van der Waals surface area contributed by atoms with E-state index in [4.69, 9.17) is 0 Å². The Labute approximate surface area is 191 Å². The van der Waals surface area contributed by atoms with Gasteiger partial charge in [-0.1, -0.05) is 5.92 Å². The number of pyridine rings is 2. The van der Waals surface area contributed by atoms with E-state index in [0.29, 0.717) is 18.7 Å². The zero-order valence-electron chi connectivity index (χ0n) is 18.5. The van der Waals surface area contributed by atoms with Crippen LogP contribution in [0.25, 0.3) is 0 Å². The smallest absolute Gasteiger partial charge is 0.322 e. The number of amides is 2. The summed E-state index contributed by atoms with van der Waals surface area (Å²) < 4.78 is 15.3. The van der Waals surface area contributed by atoms with Crippen molar-refractivity contribution < 1.29 is 9.18 Å². The lowest BCUT2D eigenvalue weighted by molar-refractivity contribution is 0.243. The van der Waals surface area contributed by atoms with Crippen LogP contribution in [0.15, 0.2) is 36.8 Å². The van der Waals surface area contributed by atoms with Gasteiger partial charge in [-0.2, -0.15) is 0 Å². The molecule has 8 nitrogen and oxygen atoms in total. The normalized spacial score (nSPS) is 15.9. The Morgan fingerprint density at radius 2 is 2.00 bits per heavy atom. The van der Waals surface area contributed by atoms with E-state index in [0.717, 1.165) is 54.3 Å². The third-order valence-electron chi connectivity index (χ3n) is 5.98. The minimum atomic E-state index is -0.408. The highest BCUT2D eigenvalue weighted by Crippen LogP contribution is 2.27. The van der Waals surface area contributed by atoms with Gasteiger partial charge in [0.15, 0.2) is 0 Å². The Morgan fingerprint density at radius 3 is 2.82 bits per heavy atom. The highest BCUT2D eigenvalue weighted by molar-refractivity contribution is 5.94. The number of hydrogen-bond donors (Lipinski definition) is 1. The molecule has 0 bridgehead atoms. The van der Waals surface area contributed by atoms with Crippen molar-refractivity contribution in [3.05, 3.63) is 71.1 Å². The molecule has 0 saturated heterocycles. The second-order valence-electron chi connectivity index (χ2n) is 8.36. The molecule has 5 rings (SSSR count). The van der Waals surface area contributed by atoms with Crippen molar-refractivity contribution in [2.24, 2.45) is 0 Å². The fourth-order valence-electron chi connectivity index (χ4n) is 4.12. The summed E-state index contributed by atoms with van der Waals surface area (Å²) in [5.41, 5.74) is 3.85. The first-order valence-electron chi connectivity index (χ1n) is 10.9. The van der Waals surface area contributed by atoms with Crippen LogP contribution in [0.3, 0.4) is 0 Å². The molecule has 2 amide bonds. The number of aromatic nitrogens is 4. The van der Waals surface area contributed by atoms with Gasteiger partial charge in [0.1, 0.15) is 17.3 Å². The predicted octanol–water partition coefficient (Wildman–Crippen LogP) is 2.49. The van der Waals surface area contributed by atoms with Gasteiger partial charge >= 0.3 is 6.03 Å². The summed E-state index contributed by atoms with van der Waals surface area (Å²) in [6, 6.07) is 4.21. The minimum Gasteiger partial charge on any atom is -0.330 e. The van der Waals surface area contributed by atoms with Gasteiger partial charge in [0.2, 0.25) is 0 Å². The van der Waals surface area contributed by atoms with Crippen molar-refractivity contribution >= 4 is 11.7 Å². The minimum absolute atomic E-state index is 0.242. The van der Waals surface area contributed by atoms with Gasteiger partial charge in [-0.25, -0.2) is 14.2 Å². The number of halogens is 1. The molecular formula is C24H24FN7O. The van der Waals surface area contributed by atoms with Crippen LogP contribution in [0.1, 0.15) is 41.4 Å². The summed E-state index contributed by atoms with van der Waals surface area (Å²) in [6.07, 6.45) is 5.39. The Hall–Kier alpha value is -3.77. The standard InChI is InChI=1S/C24H24FN7O/c1-16(20-6-4-18(25)13-27-20)29-24(33)32-8-7-21-22(32)11-17(12-26-21)3-5-19-14-28-23-15-30(2)9-10-31(19)23/h4,6,11-14,16H,7-10,15H2,1-2H3,(H,29,33)/t16-/m0/s1. The summed E-state index contributed by atoms with van der Waals surface area (Å²) >= 11 is 0. The van der Waals surface area contributed by atoms with Gasteiger partial charge < -0.3 is 9.88 Å². The van der Waals surface area contributed by atoms with Gasteiger partial charge in [-0.05, 0) is 38.1 Å². The number of fused-ring (bicyclic) bond motifs is 2. The van der Waals surface area contributed by atoms with Gasteiger partial charge in [-0.3, -0.25) is 19.8 Å². The van der Waals surface area contributed by atoms with E-state index in [-0.39, 0.29) is 12.1 Å². The lowest BCUT2D eigenvalue weighted by Crippen LogP contribution is -2.40. The SMILES string of the molecule is C[C@H](NC(=O)N1CCc2ncc(C#Cc3cnc4n3CCN(C)C4)cc21)c1ccc(F)cn1. The first-order chi connectivity index (χ1) is 16.0. The monoisotopic (exact) mass is 445 g/mol. The molecule has 33 heavy (non-hydrogen) atoms. The topological polar surface area (TPSA) is 79.2 Å². The van der Waals surface area contributed by atoms with Crippen molar-refractivity contribution in [2.45, 2.75) is 32.5 Å². The maximum atomic E-state index is 13.1. The molecular weight excluding hydrogens is 421 g/mol. The van der Waals surface area contributed by atoms with Gasteiger partial charge in [0.05, 0.1) is 42.1 Å². The molecule has 0 spiro atoms. The molecule has 0 aliphatic carbocycles. The number of rotatable bonds is 2. The molecule has 0 saturated carbocycles. The molecule has 168 valence electrons. The van der Waals surface area contributed by atoms with Crippen molar-refractivity contribution in [2.75, 3.05) is 25.0 Å². The number of nitrogens with one attached hydrogen (secondary N) is 1. The molecule has 3 aromatic heterocycles. The van der Waals surface area contributed by atoms with E-state index in [2.05, 4.69) is 48.6 Å². The Morgan fingerprint density at radius 1 is 1.12 bits per heavy atom. The highest BCUT2D eigenvalue weighted by Gasteiger charge is 2.27. The van der Waals surface area contributed by atoms with Gasteiger partial charge in [0.25, 0.3) is 0 Å². The average Bonchev–Trinajstić information content (AvgIpc) is 3.41. The van der Waals surface area contributed by atoms with Crippen LogP contribution in [0, 0.1) is 17.7 Å². The number of carbonyl (C=O) groups is 1. The fourth-order valence-corrected chi connectivity index (χ4v) is 4.12. The average molecular weight is 446 g/mol. The summed E-state index contributed by atoms with van der Waals surface area (Å²) in [7, 11) is 2.08. The number of imidazole rings is 1. The zero-order valence-corrected chi connectivity index (χ0v) is 18.5. The summed E-state index contributed by atoms with van der Waals surface area (Å²) in [5, 5.41) is 2.93. The molecule has 0 fully saturated rings. The molecule has 0 aromatic carbocycles. The number of hydrogen-bond acceptors (Lipinski definition) is 5. The van der Waals surface area contributed by atoms with Crippen LogP contribution in [-0.2, 0) is 19.5 Å². The fraction of sp³-hybridized carbons (Fsp3) is 0.333. The predicted molar refractivity (Wildman–Crippen MR) is 121 cm³/mol. The largest absolute Gasteiger partial charge is 0.330 e. The molecule has 1 N–H and O–H groups in total. The molecule has 9 heteroatoms. The third-order valence-corrected chi connectivity index (χ3v) is 5.98.